The molecule has 1 heterocycles. The summed E-state index contributed by atoms with van der Waals surface area (Å²) in [6.45, 7) is 0.606. The van der Waals surface area contributed by atoms with Crippen LogP contribution in [0.2, 0.25) is 5.02 Å². The molecule has 0 unspecified atom stereocenters. The molecule has 0 radical (unpaired) electrons. The molecule has 1 fully saturated rings. The summed E-state index contributed by atoms with van der Waals surface area (Å²) in [5.74, 6) is -1.43. The van der Waals surface area contributed by atoms with Gasteiger partial charge in [0.25, 0.3) is 0 Å². The van der Waals surface area contributed by atoms with E-state index in [1.54, 1.807) is 0 Å². The topological polar surface area (TPSA) is 46.6 Å². The van der Waals surface area contributed by atoms with Gasteiger partial charge in [-0.15, -0.1) is 0 Å². The van der Waals surface area contributed by atoms with Crippen LogP contribution in [-0.4, -0.2) is 25.0 Å². The zero-order chi connectivity index (χ0) is 14.8. The molecule has 1 aliphatic rings. The van der Waals surface area contributed by atoms with Crippen LogP contribution in [-0.2, 0) is 14.3 Å². The Bertz CT molecular complexity index is 680. The predicted molar refractivity (Wildman–Crippen MR) is 80.2 cm³/mol. The minimum Gasteiger partial charge on any atom is -0.457 e. The average molecular weight is 302 g/mol. The van der Waals surface area contributed by atoms with E-state index >= 15 is 0 Å². The monoisotopic (exact) mass is 301 g/mol. The highest BCUT2D eigenvalue weighted by molar-refractivity contribution is 6.38. The van der Waals surface area contributed by atoms with Crippen molar-refractivity contribution in [2.24, 2.45) is 0 Å². The second-order valence-electron chi connectivity index (χ2n) is 4.65. The van der Waals surface area contributed by atoms with Crippen molar-refractivity contribution in [1.29, 1.82) is 0 Å². The van der Waals surface area contributed by atoms with Crippen LogP contribution in [0.1, 0.15) is 0 Å². The summed E-state index contributed by atoms with van der Waals surface area (Å²) in [6.07, 6.45) is 0. The van der Waals surface area contributed by atoms with Gasteiger partial charge >= 0.3 is 11.9 Å². The molecule has 1 aliphatic heterocycles. The standard InChI is InChI=1S/C16H12ClNO3/c17-13-5-1-11(2-6-13)12-3-7-14(8-4-12)18-9-10-21-16(20)15(18)19/h1-8H,9-10H2. The molecule has 21 heavy (non-hydrogen) atoms. The molecular formula is C16H12ClNO3. The molecule has 4 nitrogen and oxygen atoms in total. The number of carbonyl (C=O) groups excluding carboxylic acids is 2. The number of nitrogens with zero attached hydrogens (tertiary/aromatic N) is 1. The number of cyclic esters (lactones) is 1. The van der Waals surface area contributed by atoms with Gasteiger partial charge in [0, 0.05) is 10.7 Å². The first kappa shape index (κ1) is 13.6. The summed E-state index contributed by atoms with van der Waals surface area (Å²) in [5.41, 5.74) is 2.74. The first-order valence-electron chi connectivity index (χ1n) is 6.50. The van der Waals surface area contributed by atoms with Gasteiger partial charge in [-0.1, -0.05) is 35.9 Å². The number of rotatable bonds is 2. The van der Waals surface area contributed by atoms with Crippen LogP contribution >= 0.6 is 11.6 Å². The van der Waals surface area contributed by atoms with Crippen LogP contribution in [0.25, 0.3) is 11.1 Å². The number of anilines is 1. The van der Waals surface area contributed by atoms with E-state index in [2.05, 4.69) is 0 Å². The highest BCUT2D eigenvalue weighted by Crippen LogP contribution is 2.25. The third-order valence-corrected chi connectivity index (χ3v) is 3.58. The number of hydrogen-bond acceptors (Lipinski definition) is 3. The van der Waals surface area contributed by atoms with Crippen LogP contribution in [0.3, 0.4) is 0 Å². The fourth-order valence-corrected chi connectivity index (χ4v) is 2.35. The van der Waals surface area contributed by atoms with Gasteiger partial charge in [-0.3, -0.25) is 9.69 Å². The van der Waals surface area contributed by atoms with Gasteiger partial charge in [-0.05, 0) is 35.4 Å². The number of hydrogen-bond donors (Lipinski definition) is 0. The maximum atomic E-state index is 11.8. The van der Waals surface area contributed by atoms with E-state index in [0.29, 0.717) is 17.3 Å². The number of halogens is 1. The van der Waals surface area contributed by atoms with Crippen LogP contribution in [0.5, 0.6) is 0 Å². The minimum absolute atomic E-state index is 0.226. The van der Waals surface area contributed by atoms with Crippen LogP contribution in [0, 0.1) is 0 Å². The van der Waals surface area contributed by atoms with Crippen molar-refractivity contribution in [3.05, 3.63) is 53.6 Å². The lowest BCUT2D eigenvalue weighted by Crippen LogP contribution is -2.45. The first-order chi connectivity index (χ1) is 10.1. The van der Waals surface area contributed by atoms with Gasteiger partial charge in [0.05, 0.1) is 6.54 Å². The highest BCUT2D eigenvalue weighted by atomic mass is 35.5. The zero-order valence-corrected chi connectivity index (χ0v) is 11.8. The van der Waals surface area contributed by atoms with Crippen LogP contribution in [0.4, 0.5) is 5.69 Å². The quantitative estimate of drug-likeness (QED) is 0.633. The van der Waals surface area contributed by atoms with E-state index < -0.39 is 11.9 Å². The summed E-state index contributed by atoms with van der Waals surface area (Å²) in [6, 6.07) is 15.0. The fraction of sp³-hybridized carbons (Fsp3) is 0.125. The maximum Gasteiger partial charge on any atom is 0.397 e. The third kappa shape index (κ3) is 2.76. The van der Waals surface area contributed by atoms with Gasteiger partial charge in [0.15, 0.2) is 0 Å². The van der Waals surface area contributed by atoms with E-state index in [0.717, 1.165) is 11.1 Å². The molecule has 1 saturated heterocycles. The largest absolute Gasteiger partial charge is 0.457 e. The molecule has 1 amide bonds. The second-order valence-corrected chi connectivity index (χ2v) is 5.08. The molecule has 2 aromatic rings. The Hall–Kier alpha value is -2.33. The summed E-state index contributed by atoms with van der Waals surface area (Å²) in [5, 5.41) is 0.688. The molecule has 3 rings (SSSR count). The number of esters is 1. The third-order valence-electron chi connectivity index (χ3n) is 3.32. The van der Waals surface area contributed by atoms with Gasteiger partial charge in [0.1, 0.15) is 6.61 Å². The Balaban J connectivity index is 1.85. The average Bonchev–Trinajstić information content (AvgIpc) is 2.51. The summed E-state index contributed by atoms with van der Waals surface area (Å²) >= 11 is 5.87. The molecule has 0 aliphatic carbocycles. The summed E-state index contributed by atoms with van der Waals surface area (Å²) < 4.78 is 4.70. The first-order valence-corrected chi connectivity index (χ1v) is 6.87. The number of benzene rings is 2. The van der Waals surface area contributed by atoms with Crippen LogP contribution in [0.15, 0.2) is 48.5 Å². The fourth-order valence-electron chi connectivity index (χ4n) is 2.23. The predicted octanol–water partition coefficient (Wildman–Crippen LogP) is 2.90. The number of morpholine rings is 1. The molecule has 106 valence electrons. The number of ether oxygens (including phenoxy) is 1. The Morgan fingerprint density at radius 1 is 0.905 bits per heavy atom. The molecular weight excluding hydrogens is 290 g/mol. The van der Waals surface area contributed by atoms with Crippen molar-refractivity contribution in [3.8, 4) is 11.1 Å². The maximum absolute atomic E-state index is 11.8. The SMILES string of the molecule is O=C1OCCN(c2ccc(-c3ccc(Cl)cc3)cc2)C1=O. The normalized spacial score (nSPS) is 15.0. The molecule has 5 heteroatoms. The Kier molecular flexibility index (Phi) is 3.62. The van der Waals surface area contributed by atoms with Crippen molar-refractivity contribution in [2.45, 2.75) is 0 Å². The van der Waals surface area contributed by atoms with Gasteiger partial charge in [-0.2, -0.15) is 0 Å². The van der Waals surface area contributed by atoms with E-state index in [-0.39, 0.29) is 6.61 Å². The summed E-state index contributed by atoms with van der Waals surface area (Å²) in [7, 11) is 0. The Morgan fingerprint density at radius 3 is 2.10 bits per heavy atom. The van der Waals surface area contributed by atoms with Crippen LogP contribution < -0.4 is 4.90 Å². The van der Waals surface area contributed by atoms with Crippen molar-refractivity contribution in [1.82, 2.24) is 0 Å². The van der Waals surface area contributed by atoms with E-state index in [4.69, 9.17) is 16.3 Å². The molecule has 0 spiro atoms. The van der Waals surface area contributed by atoms with Crippen molar-refractivity contribution < 1.29 is 14.3 Å². The lowest BCUT2D eigenvalue weighted by molar-refractivity contribution is -0.156. The van der Waals surface area contributed by atoms with Crippen molar-refractivity contribution in [3.63, 3.8) is 0 Å². The van der Waals surface area contributed by atoms with E-state index in [1.807, 2.05) is 48.5 Å². The lowest BCUT2D eigenvalue weighted by Gasteiger charge is -2.25. The van der Waals surface area contributed by atoms with E-state index in [1.165, 1.54) is 4.90 Å². The minimum atomic E-state index is -0.803. The molecule has 0 N–H and O–H groups in total. The number of amides is 1. The zero-order valence-electron chi connectivity index (χ0n) is 11.1. The Morgan fingerprint density at radius 2 is 1.48 bits per heavy atom. The van der Waals surface area contributed by atoms with E-state index in [9.17, 15) is 9.59 Å². The lowest BCUT2D eigenvalue weighted by atomic mass is 10.1. The molecule has 2 aromatic carbocycles. The van der Waals surface area contributed by atoms with Gasteiger partial charge < -0.3 is 4.74 Å². The van der Waals surface area contributed by atoms with Gasteiger partial charge in [0.2, 0.25) is 0 Å². The van der Waals surface area contributed by atoms with Gasteiger partial charge in [-0.25, -0.2) is 4.79 Å². The molecule has 0 aromatic heterocycles. The second kappa shape index (κ2) is 5.58. The Labute approximate surface area is 126 Å². The smallest absolute Gasteiger partial charge is 0.397 e. The van der Waals surface area contributed by atoms with Crippen molar-refractivity contribution in [2.75, 3.05) is 18.1 Å². The summed E-state index contributed by atoms with van der Waals surface area (Å²) in [4.78, 5) is 24.5. The molecule has 0 bridgehead atoms. The van der Waals surface area contributed by atoms with Crippen molar-refractivity contribution >= 4 is 29.2 Å². The molecule has 0 atom stereocenters. The molecule has 0 saturated carbocycles. The highest BCUT2D eigenvalue weighted by Gasteiger charge is 2.29. The number of carbonyl (C=O) groups is 2.